The van der Waals surface area contributed by atoms with Crippen LogP contribution in [0.25, 0.3) is 0 Å². The summed E-state index contributed by atoms with van der Waals surface area (Å²) in [6.07, 6.45) is 66.0. The standard InChI is InChI=1S/C67H131NO8/c1-3-5-7-9-11-13-15-17-19-21-23-25-26-27-28-29-30-31-32-33-34-35-37-39-41-43-45-47-49-51-53-55-57-63(71)68-60(59-75-67-66(74)65(73)64(72)62(58-69)76-67)61(70)56-54-52-50-48-46-44-42-40-38-36-24-22-20-18-16-14-12-10-8-6-4-2/h54,56,60-62,64-67,69-70,72-74H,3-53,55,57-59H2,1-2H3,(H,68,71)/b56-54+. The maximum atomic E-state index is 13.1. The summed E-state index contributed by atoms with van der Waals surface area (Å²) in [5.41, 5.74) is 0. The zero-order chi connectivity index (χ0) is 55.0. The summed E-state index contributed by atoms with van der Waals surface area (Å²) in [6, 6.07) is -0.801. The Morgan fingerprint density at radius 3 is 1.03 bits per heavy atom. The number of aliphatic hydroxyl groups excluding tert-OH is 5. The van der Waals surface area contributed by atoms with Crippen LogP contribution in [0.4, 0.5) is 0 Å². The molecule has 0 radical (unpaired) electrons. The van der Waals surface area contributed by atoms with E-state index >= 15 is 0 Å². The lowest BCUT2D eigenvalue weighted by Crippen LogP contribution is -2.60. The van der Waals surface area contributed by atoms with E-state index in [1.54, 1.807) is 6.08 Å². The number of hydrogen-bond donors (Lipinski definition) is 6. The molecule has 1 heterocycles. The number of carbonyl (C=O) groups excluding carboxylic acids is 1. The van der Waals surface area contributed by atoms with Crippen molar-refractivity contribution in [1.82, 2.24) is 5.32 Å². The topological polar surface area (TPSA) is 149 Å². The van der Waals surface area contributed by atoms with Gasteiger partial charge in [-0.2, -0.15) is 0 Å². The molecular weight excluding hydrogens is 947 g/mol. The number of amides is 1. The molecule has 0 spiro atoms. The van der Waals surface area contributed by atoms with E-state index in [-0.39, 0.29) is 12.5 Å². The van der Waals surface area contributed by atoms with E-state index in [1.165, 1.54) is 295 Å². The second-order valence-corrected chi connectivity index (χ2v) is 24.0. The number of rotatable bonds is 60. The highest BCUT2D eigenvalue weighted by Gasteiger charge is 2.44. The molecule has 9 nitrogen and oxygen atoms in total. The first-order valence-electron chi connectivity index (χ1n) is 33.9. The van der Waals surface area contributed by atoms with Crippen molar-refractivity contribution in [2.75, 3.05) is 13.2 Å². The fourth-order valence-corrected chi connectivity index (χ4v) is 11.3. The van der Waals surface area contributed by atoms with E-state index in [9.17, 15) is 30.3 Å². The minimum Gasteiger partial charge on any atom is -0.394 e. The number of ether oxygens (including phenoxy) is 2. The molecule has 9 heteroatoms. The summed E-state index contributed by atoms with van der Waals surface area (Å²) in [5.74, 6) is -0.167. The van der Waals surface area contributed by atoms with Gasteiger partial charge in [-0.3, -0.25) is 4.79 Å². The smallest absolute Gasteiger partial charge is 0.220 e. The fourth-order valence-electron chi connectivity index (χ4n) is 11.3. The van der Waals surface area contributed by atoms with Gasteiger partial charge < -0.3 is 40.3 Å². The average molecular weight is 1080 g/mol. The molecule has 1 amide bonds. The van der Waals surface area contributed by atoms with Crippen LogP contribution in [0, 0.1) is 0 Å². The zero-order valence-electron chi connectivity index (χ0n) is 50.5. The molecule has 0 saturated carbocycles. The maximum absolute atomic E-state index is 13.1. The van der Waals surface area contributed by atoms with Gasteiger partial charge in [0, 0.05) is 6.42 Å². The first kappa shape index (κ1) is 72.9. The predicted octanol–water partition coefficient (Wildman–Crippen LogP) is 17.9. The van der Waals surface area contributed by atoms with E-state index in [0.717, 1.165) is 38.5 Å². The molecule has 0 aromatic rings. The molecule has 1 aliphatic rings. The predicted molar refractivity (Wildman–Crippen MR) is 323 cm³/mol. The minimum absolute atomic E-state index is 0.167. The summed E-state index contributed by atoms with van der Waals surface area (Å²) in [4.78, 5) is 13.1. The van der Waals surface area contributed by atoms with E-state index < -0.39 is 49.5 Å². The molecule has 0 aromatic carbocycles. The fraction of sp³-hybridized carbons (Fsp3) is 0.955. The number of hydrogen-bond acceptors (Lipinski definition) is 8. The van der Waals surface area contributed by atoms with Crippen molar-refractivity contribution in [3.8, 4) is 0 Å². The molecular formula is C67H131NO8. The number of unbranched alkanes of at least 4 members (excludes halogenated alkanes) is 50. The van der Waals surface area contributed by atoms with E-state index in [2.05, 4.69) is 19.2 Å². The van der Waals surface area contributed by atoms with Crippen LogP contribution < -0.4 is 5.32 Å². The molecule has 0 bridgehead atoms. The molecule has 1 aliphatic heterocycles. The Morgan fingerprint density at radius 1 is 0.434 bits per heavy atom. The normalized spacial score (nSPS) is 18.8. The Morgan fingerprint density at radius 2 is 0.724 bits per heavy atom. The summed E-state index contributed by atoms with van der Waals surface area (Å²) in [7, 11) is 0. The van der Waals surface area contributed by atoms with Gasteiger partial charge in [0.1, 0.15) is 24.4 Å². The molecule has 7 unspecified atom stereocenters. The van der Waals surface area contributed by atoms with Crippen LogP contribution in [0.2, 0.25) is 0 Å². The first-order chi connectivity index (χ1) is 37.3. The lowest BCUT2D eigenvalue weighted by Gasteiger charge is -2.40. The van der Waals surface area contributed by atoms with Gasteiger partial charge in [0.15, 0.2) is 6.29 Å². The Labute approximate surface area is 471 Å². The second-order valence-electron chi connectivity index (χ2n) is 24.0. The first-order valence-corrected chi connectivity index (χ1v) is 33.9. The summed E-state index contributed by atoms with van der Waals surface area (Å²) < 4.78 is 11.3. The number of carbonyl (C=O) groups is 1. The zero-order valence-corrected chi connectivity index (χ0v) is 50.5. The quantitative estimate of drug-likeness (QED) is 0.0261. The lowest BCUT2D eigenvalue weighted by atomic mass is 9.99. The molecule has 7 atom stereocenters. The maximum Gasteiger partial charge on any atom is 0.220 e. The van der Waals surface area contributed by atoms with Crippen LogP contribution >= 0.6 is 0 Å². The van der Waals surface area contributed by atoms with Gasteiger partial charge in [0.05, 0.1) is 25.4 Å². The van der Waals surface area contributed by atoms with Crippen molar-refractivity contribution < 1.29 is 39.8 Å². The van der Waals surface area contributed by atoms with Crippen LogP contribution in [0.1, 0.15) is 354 Å². The van der Waals surface area contributed by atoms with Crippen LogP contribution in [0.15, 0.2) is 12.2 Å². The summed E-state index contributed by atoms with van der Waals surface area (Å²) in [5, 5.41) is 54.7. The van der Waals surface area contributed by atoms with Crippen molar-refractivity contribution in [1.29, 1.82) is 0 Å². The Balaban J connectivity index is 2.11. The highest BCUT2D eigenvalue weighted by atomic mass is 16.7. The van der Waals surface area contributed by atoms with Crippen LogP contribution in [-0.4, -0.2) is 87.5 Å². The number of allylic oxidation sites excluding steroid dienone is 1. The van der Waals surface area contributed by atoms with E-state index in [4.69, 9.17) is 9.47 Å². The van der Waals surface area contributed by atoms with Gasteiger partial charge in [0.2, 0.25) is 5.91 Å². The van der Waals surface area contributed by atoms with Gasteiger partial charge in [-0.15, -0.1) is 0 Å². The molecule has 76 heavy (non-hydrogen) atoms. The number of nitrogens with one attached hydrogen (secondary N) is 1. The second kappa shape index (κ2) is 57.2. The van der Waals surface area contributed by atoms with Crippen molar-refractivity contribution >= 4 is 5.91 Å². The third-order valence-corrected chi connectivity index (χ3v) is 16.6. The van der Waals surface area contributed by atoms with Crippen molar-refractivity contribution in [3.05, 3.63) is 12.2 Å². The van der Waals surface area contributed by atoms with Crippen LogP contribution in [0.3, 0.4) is 0 Å². The van der Waals surface area contributed by atoms with Gasteiger partial charge in [-0.25, -0.2) is 0 Å². The van der Waals surface area contributed by atoms with Gasteiger partial charge in [0.25, 0.3) is 0 Å². The van der Waals surface area contributed by atoms with E-state index in [1.807, 2.05) is 6.08 Å². The lowest BCUT2D eigenvalue weighted by molar-refractivity contribution is -0.302. The summed E-state index contributed by atoms with van der Waals surface area (Å²) >= 11 is 0. The summed E-state index contributed by atoms with van der Waals surface area (Å²) in [6.45, 7) is 3.84. The Bertz CT molecular complexity index is 1200. The van der Waals surface area contributed by atoms with Gasteiger partial charge >= 0.3 is 0 Å². The van der Waals surface area contributed by atoms with Gasteiger partial charge in [-0.1, -0.05) is 341 Å². The molecule has 1 fully saturated rings. The van der Waals surface area contributed by atoms with Crippen molar-refractivity contribution in [3.63, 3.8) is 0 Å². The molecule has 0 aliphatic carbocycles. The molecule has 6 N–H and O–H groups in total. The monoisotopic (exact) mass is 1080 g/mol. The van der Waals surface area contributed by atoms with Crippen LogP contribution in [-0.2, 0) is 14.3 Å². The SMILES string of the molecule is CCCCCCCCCCCCCCCCCCCCC/C=C/C(O)C(COC1OC(CO)C(O)C(O)C1O)NC(=O)CCCCCCCCCCCCCCCCCCCCCCCCCCCCCCCCCC. The molecule has 1 saturated heterocycles. The third kappa shape index (κ3) is 45.6. The Hall–Kier alpha value is -1.07. The largest absolute Gasteiger partial charge is 0.394 e. The Kier molecular flexibility index (Phi) is 54.9. The molecule has 0 aromatic heterocycles. The van der Waals surface area contributed by atoms with Crippen molar-refractivity contribution in [2.45, 2.75) is 397 Å². The number of aliphatic hydroxyl groups is 5. The minimum atomic E-state index is -1.56. The average Bonchev–Trinajstić information content (AvgIpc) is 3.42. The molecule has 1 rings (SSSR count). The molecule has 452 valence electrons. The van der Waals surface area contributed by atoms with Crippen molar-refractivity contribution in [2.24, 2.45) is 0 Å². The van der Waals surface area contributed by atoms with E-state index in [0.29, 0.717) is 6.42 Å². The highest BCUT2D eigenvalue weighted by Crippen LogP contribution is 2.23. The van der Waals surface area contributed by atoms with Crippen LogP contribution in [0.5, 0.6) is 0 Å². The van der Waals surface area contributed by atoms with Gasteiger partial charge in [-0.05, 0) is 19.3 Å². The third-order valence-electron chi connectivity index (χ3n) is 16.6. The highest BCUT2D eigenvalue weighted by molar-refractivity contribution is 5.76.